The van der Waals surface area contributed by atoms with Crippen molar-refractivity contribution in [3.8, 4) is 21.6 Å². The number of hydrogen-bond donors (Lipinski definition) is 4. The van der Waals surface area contributed by atoms with Crippen LogP contribution >= 0.6 is 22.7 Å². The molecule has 5 amide bonds. The molecule has 0 aliphatic carbocycles. The lowest BCUT2D eigenvalue weighted by Gasteiger charge is -2.35. The van der Waals surface area contributed by atoms with E-state index in [9.17, 15) is 29.1 Å². The number of β-amino-alcohol motifs (C(OH)–C–C–N with tert-alkyl or cyclic N) is 1. The summed E-state index contributed by atoms with van der Waals surface area (Å²) in [6.07, 6.45) is 2.73. The topological polar surface area (TPSA) is 221 Å². The molecule has 81 heavy (non-hydrogen) atoms. The highest BCUT2D eigenvalue weighted by atomic mass is 32.1. The molecular formula is C60H72N10O9S2. The Balaban J connectivity index is 0.632. The van der Waals surface area contributed by atoms with E-state index in [4.69, 9.17) is 19.2 Å². The van der Waals surface area contributed by atoms with Gasteiger partial charge in [0.1, 0.15) is 23.9 Å². The van der Waals surface area contributed by atoms with Crippen LogP contribution in [0.2, 0.25) is 0 Å². The van der Waals surface area contributed by atoms with Crippen LogP contribution in [-0.2, 0) is 39.9 Å². The van der Waals surface area contributed by atoms with Crippen LogP contribution in [0.15, 0.2) is 108 Å². The fourth-order valence-corrected chi connectivity index (χ4v) is 11.7. The Morgan fingerprint density at radius 3 is 2.16 bits per heavy atom. The Hall–Kier alpha value is -6.98. The van der Waals surface area contributed by atoms with E-state index in [1.807, 2.05) is 131 Å². The largest absolute Gasteiger partial charge is 0.391 e. The Morgan fingerprint density at radius 2 is 1.49 bits per heavy atom. The molecule has 2 saturated heterocycles. The van der Waals surface area contributed by atoms with E-state index in [1.165, 1.54) is 16.2 Å². The number of thiazole rings is 2. The molecule has 9 rings (SSSR count). The number of aryl methyl sites for hydroxylation is 1. The van der Waals surface area contributed by atoms with Gasteiger partial charge in [-0.2, -0.15) is 0 Å². The summed E-state index contributed by atoms with van der Waals surface area (Å²) in [6, 6.07) is 24.2. The van der Waals surface area contributed by atoms with Crippen LogP contribution < -0.4 is 20.9 Å². The second-order valence-electron chi connectivity index (χ2n) is 21.6. The van der Waals surface area contributed by atoms with E-state index in [1.54, 1.807) is 27.8 Å². The normalized spacial score (nSPS) is 17.7. The van der Waals surface area contributed by atoms with Crippen LogP contribution in [-0.4, -0.2) is 161 Å². The first-order chi connectivity index (χ1) is 39.1. The maximum absolute atomic E-state index is 14.1. The average Bonchev–Trinajstić information content (AvgIpc) is 4.31. The molecule has 428 valence electrons. The zero-order chi connectivity index (χ0) is 57.0. The summed E-state index contributed by atoms with van der Waals surface area (Å²) in [5.74, 6) is -0.765. The zero-order valence-electron chi connectivity index (χ0n) is 46.5. The molecule has 3 aromatic carbocycles. The summed E-state index contributed by atoms with van der Waals surface area (Å²) >= 11 is 2.90. The minimum atomic E-state index is -0.936. The van der Waals surface area contributed by atoms with Crippen molar-refractivity contribution < 1.29 is 43.3 Å². The zero-order valence-corrected chi connectivity index (χ0v) is 48.2. The van der Waals surface area contributed by atoms with E-state index >= 15 is 0 Å². The van der Waals surface area contributed by atoms with E-state index in [2.05, 4.69) is 35.7 Å². The summed E-state index contributed by atoms with van der Waals surface area (Å²) in [7, 11) is 0. The van der Waals surface area contributed by atoms with E-state index in [0.717, 1.165) is 82.5 Å². The predicted molar refractivity (Wildman–Crippen MR) is 312 cm³/mol. The number of fused-ring (bicyclic) bond motifs is 1. The van der Waals surface area contributed by atoms with Crippen molar-refractivity contribution >= 4 is 63.2 Å². The minimum absolute atomic E-state index is 0.0104. The second-order valence-corrected chi connectivity index (χ2v) is 23.4. The minimum Gasteiger partial charge on any atom is -0.391 e. The molecule has 0 saturated carbocycles. The van der Waals surface area contributed by atoms with Gasteiger partial charge in [0.05, 0.1) is 67.9 Å². The monoisotopic (exact) mass is 1140 g/mol. The number of piperazine rings is 1. The molecule has 4 N–H and O–H groups in total. The molecule has 5 atom stereocenters. The third-order valence-electron chi connectivity index (χ3n) is 14.9. The number of carbonyl (C=O) groups is 5. The van der Waals surface area contributed by atoms with Gasteiger partial charge in [-0.15, -0.1) is 22.7 Å². The average molecular weight is 1140 g/mol. The third-order valence-corrected chi connectivity index (χ3v) is 16.6. The van der Waals surface area contributed by atoms with Gasteiger partial charge in [-0.1, -0.05) is 87.5 Å². The number of ether oxygens (including phenoxy) is 3. The molecule has 0 radical (unpaired) electrons. The van der Waals surface area contributed by atoms with Crippen LogP contribution in [0.4, 0.5) is 10.9 Å². The van der Waals surface area contributed by atoms with Crippen molar-refractivity contribution in [1.82, 2.24) is 40.3 Å². The van der Waals surface area contributed by atoms with Gasteiger partial charge < -0.3 is 44.7 Å². The molecular weight excluding hydrogens is 1070 g/mol. The Kier molecular flexibility index (Phi) is 19.7. The Morgan fingerprint density at radius 1 is 0.790 bits per heavy atom. The first-order valence-electron chi connectivity index (χ1n) is 27.6. The molecule has 2 unspecified atom stereocenters. The van der Waals surface area contributed by atoms with Gasteiger partial charge >= 0.3 is 0 Å². The van der Waals surface area contributed by atoms with Crippen molar-refractivity contribution in [1.29, 1.82) is 0 Å². The van der Waals surface area contributed by atoms with Gasteiger partial charge in [0.15, 0.2) is 5.13 Å². The van der Waals surface area contributed by atoms with Crippen molar-refractivity contribution in [3.05, 3.63) is 136 Å². The summed E-state index contributed by atoms with van der Waals surface area (Å²) in [5, 5.41) is 21.7. The van der Waals surface area contributed by atoms with Gasteiger partial charge in [-0.25, -0.2) is 15.0 Å². The van der Waals surface area contributed by atoms with Crippen molar-refractivity contribution in [2.45, 2.75) is 84.3 Å². The summed E-state index contributed by atoms with van der Waals surface area (Å²) in [5.41, 5.74) is 7.99. The number of nitrogens with zero attached hydrogens (tertiary/aromatic N) is 7. The summed E-state index contributed by atoms with van der Waals surface area (Å²) in [6.45, 7) is 16.1. The van der Waals surface area contributed by atoms with Crippen LogP contribution in [0.25, 0.3) is 21.6 Å². The third kappa shape index (κ3) is 14.9. The number of aliphatic hydroxyl groups is 1. The van der Waals surface area contributed by atoms with E-state index in [-0.39, 0.29) is 62.3 Å². The van der Waals surface area contributed by atoms with Gasteiger partial charge in [0.25, 0.3) is 11.8 Å². The molecule has 3 aliphatic rings. The van der Waals surface area contributed by atoms with Crippen LogP contribution in [0.3, 0.4) is 0 Å². The second kappa shape index (κ2) is 27.2. The van der Waals surface area contributed by atoms with E-state index < -0.39 is 35.6 Å². The number of likely N-dealkylation sites (tertiary alicyclic amines) is 1. The SMILES string of the molecule is Cc1ncsc1-c1ccc([C@H](C)NC(=O)[C@@H]2C[C@@H](O)CN2C(=O)C(NC(=O)CCOCCOCCOCCN2CCN(c3ccc(-c4ccc5c(c4)C(=O)N(C(C(=O)Nc4nccs4)c4ccccc4)C5)cn3)CC2)C(C)(C)C)cc1. The number of aliphatic hydroxyl groups excluding tert-OH is 1. The molecule has 21 heteroatoms. The van der Waals surface area contributed by atoms with Crippen molar-refractivity contribution in [2.75, 3.05) is 89.1 Å². The summed E-state index contributed by atoms with van der Waals surface area (Å²) < 4.78 is 17.2. The van der Waals surface area contributed by atoms with Crippen molar-refractivity contribution in [2.24, 2.45) is 5.41 Å². The smallest absolute Gasteiger partial charge is 0.255 e. The molecule has 6 heterocycles. The lowest BCUT2D eigenvalue weighted by atomic mass is 9.85. The first kappa shape index (κ1) is 58.7. The number of carbonyl (C=O) groups excluding carboxylic acids is 5. The lowest BCUT2D eigenvalue weighted by Crippen LogP contribution is -2.58. The lowest BCUT2D eigenvalue weighted by molar-refractivity contribution is -0.144. The highest BCUT2D eigenvalue weighted by Gasteiger charge is 2.45. The number of hydrogen-bond acceptors (Lipinski definition) is 16. The number of nitrogens with one attached hydrogen (secondary N) is 3. The fourth-order valence-electron chi connectivity index (χ4n) is 10.4. The van der Waals surface area contributed by atoms with Crippen LogP contribution in [0.1, 0.15) is 85.4 Å². The van der Waals surface area contributed by atoms with Crippen LogP contribution in [0, 0.1) is 12.3 Å². The standard InChI is InChI=1S/C60H72N10O9S2/c1-39(41-11-13-43(14-12-41)53-40(2)63-38-81-53)64-55(73)49-34-47(71)37-69(49)58(76)54(60(3,4)5)65-51(72)19-26-77-28-30-79-31-29-78-27-25-67-21-23-68(24-22-67)50-18-17-45(35-62-50)44-15-16-46-36-70(57(75)48(46)33-44)52(42-9-7-6-8-10-42)56(74)66-59-61-20-32-80-59/h6-18,20,32-33,35,38-39,47,49,52,54,71H,19,21-31,34,36-37H2,1-5H3,(H,64,73)(H,65,72)(H,61,66,74)/t39-,47+,49-,52?,54?/m0/s1. The number of amides is 5. The molecule has 2 fully saturated rings. The van der Waals surface area contributed by atoms with Crippen molar-refractivity contribution in [3.63, 3.8) is 0 Å². The predicted octanol–water partition coefficient (Wildman–Crippen LogP) is 6.90. The van der Waals surface area contributed by atoms with E-state index in [0.29, 0.717) is 43.7 Å². The number of benzene rings is 3. The Labute approximate surface area is 481 Å². The highest BCUT2D eigenvalue weighted by Crippen LogP contribution is 2.36. The molecule has 6 aromatic rings. The molecule has 19 nitrogen and oxygen atoms in total. The maximum Gasteiger partial charge on any atom is 0.255 e. The fraction of sp³-hybridized carbons (Fsp3) is 0.433. The van der Waals surface area contributed by atoms with Gasteiger partial charge in [-0.3, -0.25) is 34.2 Å². The molecule has 3 aliphatic heterocycles. The Bertz CT molecular complexity index is 3080. The molecule has 0 bridgehead atoms. The van der Waals surface area contributed by atoms with Crippen LogP contribution in [0.5, 0.6) is 0 Å². The highest BCUT2D eigenvalue weighted by molar-refractivity contribution is 7.14. The number of aromatic nitrogens is 3. The first-order valence-corrected chi connectivity index (χ1v) is 29.3. The van der Waals surface area contributed by atoms with Gasteiger partial charge in [0.2, 0.25) is 17.7 Å². The molecule has 3 aromatic heterocycles. The molecule has 0 spiro atoms. The quantitative estimate of drug-likeness (QED) is 0.0453. The van der Waals surface area contributed by atoms with Gasteiger partial charge in [0, 0.05) is 87.6 Å². The summed E-state index contributed by atoms with van der Waals surface area (Å²) in [4.78, 5) is 90.6. The number of rotatable bonds is 24. The van der Waals surface area contributed by atoms with Gasteiger partial charge in [-0.05, 0) is 65.3 Å². The number of pyridine rings is 1. The maximum atomic E-state index is 14.1. The number of anilines is 2.